The van der Waals surface area contributed by atoms with Crippen molar-refractivity contribution in [3.05, 3.63) is 18.2 Å². The number of hydrogen-bond donors (Lipinski definition) is 2. The van der Waals surface area contributed by atoms with Crippen molar-refractivity contribution in [2.45, 2.75) is 31.7 Å². The van der Waals surface area contributed by atoms with Crippen molar-refractivity contribution in [2.24, 2.45) is 4.99 Å². The molecule has 8 heteroatoms. The molecule has 0 radical (unpaired) electrons. The molecule has 1 aliphatic heterocycles. The van der Waals surface area contributed by atoms with E-state index in [2.05, 4.69) is 25.3 Å². The van der Waals surface area contributed by atoms with Crippen LogP contribution in [0.15, 0.2) is 23.2 Å². The number of aliphatic imine (C=N–C) groups is 1. The molecule has 156 valence electrons. The molecule has 1 aliphatic rings. The standard InChI is InChI=1S/C20H32N4O4/c1-21-20(22-9-6-5-7-19(25)28-4)23-15-8-10-24(14-15)16-11-17(26-2)13-18(12-16)27-3/h11-13,15H,5-10,14H2,1-4H3,(H2,21,22,23). The summed E-state index contributed by atoms with van der Waals surface area (Å²) in [6.07, 6.45) is 3.15. The predicted molar refractivity (Wildman–Crippen MR) is 111 cm³/mol. The molecule has 1 fully saturated rings. The van der Waals surface area contributed by atoms with Gasteiger partial charge in [-0.25, -0.2) is 0 Å². The largest absolute Gasteiger partial charge is 0.497 e. The van der Waals surface area contributed by atoms with E-state index < -0.39 is 0 Å². The quantitative estimate of drug-likeness (QED) is 0.287. The van der Waals surface area contributed by atoms with Gasteiger partial charge in [0.25, 0.3) is 0 Å². The smallest absolute Gasteiger partial charge is 0.305 e. The summed E-state index contributed by atoms with van der Waals surface area (Å²) in [5, 5.41) is 6.78. The van der Waals surface area contributed by atoms with Gasteiger partial charge >= 0.3 is 5.97 Å². The van der Waals surface area contributed by atoms with Crippen molar-refractivity contribution in [3.8, 4) is 11.5 Å². The molecule has 0 spiro atoms. The molecule has 28 heavy (non-hydrogen) atoms. The fraction of sp³-hybridized carbons (Fsp3) is 0.600. The highest BCUT2D eigenvalue weighted by Crippen LogP contribution is 2.30. The molecule has 0 saturated carbocycles. The van der Waals surface area contributed by atoms with Gasteiger partial charge in [0.05, 0.1) is 21.3 Å². The molecule has 0 aromatic heterocycles. The van der Waals surface area contributed by atoms with Crippen LogP contribution in [-0.2, 0) is 9.53 Å². The number of carbonyl (C=O) groups excluding carboxylic acids is 1. The van der Waals surface area contributed by atoms with E-state index in [1.165, 1.54) is 7.11 Å². The average molecular weight is 393 g/mol. The summed E-state index contributed by atoms with van der Waals surface area (Å²) in [7, 11) is 6.50. The lowest BCUT2D eigenvalue weighted by Crippen LogP contribution is -2.44. The second-order valence-corrected chi connectivity index (χ2v) is 6.68. The van der Waals surface area contributed by atoms with Gasteiger partial charge in [0.2, 0.25) is 0 Å². The highest BCUT2D eigenvalue weighted by Gasteiger charge is 2.24. The topological polar surface area (TPSA) is 84.4 Å². The van der Waals surface area contributed by atoms with Crippen molar-refractivity contribution in [3.63, 3.8) is 0 Å². The van der Waals surface area contributed by atoms with E-state index in [1.54, 1.807) is 21.3 Å². The first kappa shape index (κ1) is 21.7. The number of esters is 1. The van der Waals surface area contributed by atoms with Gasteiger partial charge < -0.3 is 29.7 Å². The fourth-order valence-corrected chi connectivity index (χ4v) is 3.18. The van der Waals surface area contributed by atoms with E-state index in [0.717, 1.165) is 62.0 Å². The van der Waals surface area contributed by atoms with Gasteiger partial charge in [-0.3, -0.25) is 9.79 Å². The summed E-state index contributed by atoms with van der Waals surface area (Å²) in [5.74, 6) is 2.20. The zero-order chi connectivity index (χ0) is 20.4. The number of rotatable bonds is 9. The number of guanidine groups is 1. The van der Waals surface area contributed by atoms with Crippen molar-refractivity contribution in [1.82, 2.24) is 10.6 Å². The summed E-state index contributed by atoms with van der Waals surface area (Å²) in [6, 6.07) is 6.23. The minimum Gasteiger partial charge on any atom is -0.497 e. The number of nitrogens with zero attached hydrogens (tertiary/aromatic N) is 2. The van der Waals surface area contributed by atoms with Crippen LogP contribution in [0.25, 0.3) is 0 Å². The van der Waals surface area contributed by atoms with Gasteiger partial charge in [-0.1, -0.05) is 0 Å². The highest BCUT2D eigenvalue weighted by atomic mass is 16.5. The van der Waals surface area contributed by atoms with E-state index in [-0.39, 0.29) is 5.97 Å². The first-order valence-corrected chi connectivity index (χ1v) is 9.61. The minimum absolute atomic E-state index is 0.164. The molecule has 2 N–H and O–H groups in total. The van der Waals surface area contributed by atoms with E-state index in [9.17, 15) is 4.79 Å². The molecular formula is C20H32N4O4. The highest BCUT2D eigenvalue weighted by molar-refractivity contribution is 5.80. The first-order chi connectivity index (χ1) is 13.6. The maximum atomic E-state index is 11.1. The van der Waals surface area contributed by atoms with Crippen LogP contribution < -0.4 is 25.0 Å². The molecule has 0 amide bonds. The summed E-state index contributed by atoms with van der Waals surface area (Å²) >= 11 is 0. The SMILES string of the molecule is CN=C(NCCCCC(=O)OC)NC1CCN(c2cc(OC)cc(OC)c2)C1. The number of anilines is 1. The van der Waals surface area contributed by atoms with Gasteiger partial charge in [-0.2, -0.15) is 0 Å². The fourth-order valence-electron chi connectivity index (χ4n) is 3.18. The predicted octanol–water partition coefficient (Wildman–Crippen LogP) is 1.79. The molecule has 1 aromatic rings. The Kier molecular flexibility index (Phi) is 8.71. The number of benzene rings is 1. The lowest BCUT2D eigenvalue weighted by atomic mass is 10.2. The molecule has 0 aliphatic carbocycles. The van der Waals surface area contributed by atoms with Crippen LogP contribution in [0.2, 0.25) is 0 Å². The molecule has 1 atom stereocenters. The van der Waals surface area contributed by atoms with E-state index >= 15 is 0 Å². The van der Waals surface area contributed by atoms with Gasteiger partial charge in [0, 0.05) is 63.0 Å². The summed E-state index contributed by atoms with van der Waals surface area (Å²) in [5.41, 5.74) is 1.09. The summed E-state index contributed by atoms with van der Waals surface area (Å²) in [6.45, 7) is 2.59. The molecule has 8 nitrogen and oxygen atoms in total. The number of hydrogen-bond acceptors (Lipinski definition) is 6. The van der Waals surface area contributed by atoms with Crippen LogP contribution in [0, 0.1) is 0 Å². The van der Waals surface area contributed by atoms with Gasteiger partial charge in [0.15, 0.2) is 5.96 Å². The monoisotopic (exact) mass is 392 g/mol. The number of nitrogens with one attached hydrogen (secondary N) is 2. The molecule has 1 heterocycles. The third kappa shape index (κ3) is 6.51. The van der Waals surface area contributed by atoms with E-state index in [0.29, 0.717) is 12.5 Å². The van der Waals surface area contributed by atoms with Crippen molar-refractivity contribution >= 4 is 17.6 Å². The Labute approximate surface area is 167 Å². The molecule has 0 bridgehead atoms. The van der Waals surface area contributed by atoms with Crippen LogP contribution in [0.5, 0.6) is 11.5 Å². The lowest BCUT2D eigenvalue weighted by Gasteiger charge is -2.21. The van der Waals surface area contributed by atoms with Crippen LogP contribution >= 0.6 is 0 Å². The normalized spacial score (nSPS) is 16.6. The number of ether oxygens (including phenoxy) is 3. The van der Waals surface area contributed by atoms with Crippen LogP contribution in [0.4, 0.5) is 5.69 Å². The minimum atomic E-state index is -0.164. The van der Waals surface area contributed by atoms with Gasteiger partial charge in [-0.15, -0.1) is 0 Å². The Hall–Kier alpha value is -2.64. The second-order valence-electron chi connectivity index (χ2n) is 6.68. The first-order valence-electron chi connectivity index (χ1n) is 9.61. The van der Waals surface area contributed by atoms with Crippen LogP contribution in [-0.4, -0.2) is 66.0 Å². The summed E-state index contributed by atoms with van der Waals surface area (Å²) < 4.78 is 15.4. The molecule has 1 saturated heterocycles. The maximum absolute atomic E-state index is 11.1. The molecule has 1 unspecified atom stereocenters. The van der Waals surface area contributed by atoms with Crippen LogP contribution in [0.3, 0.4) is 0 Å². The number of unbranched alkanes of at least 4 members (excludes halogenated alkanes) is 1. The molecular weight excluding hydrogens is 360 g/mol. The average Bonchev–Trinajstić information content (AvgIpc) is 3.20. The molecule has 2 rings (SSSR count). The Bertz CT molecular complexity index is 643. The Morgan fingerprint density at radius 1 is 1.18 bits per heavy atom. The lowest BCUT2D eigenvalue weighted by molar-refractivity contribution is -0.140. The Morgan fingerprint density at radius 2 is 1.89 bits per heavy atom. The van der Waals surface area contributed by atoms with Crippen molar-refractivity contribution < 1.29 is 19.0 Å². The third-order valence-electron chi connectivity index (χ3n) is 4.78. The zero-order valence-corrected chi connectivity index (χ0v) is 17.3. The summed E-state index contributed by atoms with van der Waals surface area (Å²) in [4.78, 5) is 17.7. The Morgan fingerprint density at radius 3 is 2.50 bits per heavy atom. The van der Waals surface area contributed by atoms with Crippen LogP contribution in [0.1, 0.15) is 25.7 Å². The third-order valence-corrected chi connectivity index (χ3v) is 4.78. The maximum Gasteiger partial charge on any atom is 0.305 e. The van der Waals surface area contributed by atoms with Gasteiger partial charge in [0.1, 0.15) is 11.5 Å². The van der Waals surface area contributed by atoms with E-state index in [1.807, 2.05) is 18.2 Å². The Balaban J connectivity index is 1.80. The van der Waals surface area contributed by atoms with Crippen molar-refractivity contribution in [1.29, 1.82) is 0 Å². The molecule has 1 aromatic carbocycles. The van der Waals surface area contributed by atoms with Crippen molar-refractivity contribution in [2.75, 3.05) is 52.9 Å². The number of methoxy groups -OCH3 is 3. The zero-order valence-electron chi connectivity index (χ0n) is 17.3. The van der Waals surface area contributed by atoms with E-state index in [4.69, 9.17) is 9.47 Å². The van der Waals surface area contributed by atoms with Gasteiger partial charge in [-0.05, 0) is 19.3 Å². The second kappa shape index (κ2) is 11.3. The number of carbonyl (C=O) groups is 1.